The van der Waals surface area contributed by atoms with E-state index in [1.54, 1.807) is 0 Å². The van der Waals surface area contributed by atoms with Gasteiger partial charge in [-0.1, -0.05) is 18.5 Å². The van der Waals surface area contributed by atoms with Gasteiger partial charge in [0, 0.05) is 18.2 Å². The maximum Gasteiger partial charge on any atom is 0.295 e. The molecule has 1 aromatic carbocycles. The average molecular weight is 310 g/mol. The number of hydrogen-bond donors (Lipinski definition) is 1. The SMILES string of the molecule is CCCNc1ccc([N+](=O)[O-])c(-c2cc(F)ccc2Cl)n1. The van der Waals surface area contributed by atoms with Crippen LogP contribution in [0.5, 0.6) is 0 Å². The molecule has 1 N–H and O–H groups in total. The van der Waals surface area contributed by atoms with Crippen molar-refractivity contribution in [3.63, 3.8) is 0 Å². The maximum atomic E-state index is 13.4. The zero-order valence-electron chi connectivity index (χ0n) is 11.3. The molecule has 1 aromatic heterocycles. The highest BCUT2D eigenvalue weighted by molar-refractivity contribution is 6.33. The van der Waals surface area contributed by atoms with Gasteiger partial charge in [-0.15, -0.1) is 0 Å². The van der Waals surface area contributed by atoms with Crippen LogP contribution in [0.2, 0.25) is 5.02 Å². The third-order valence-electron chi connectivity index (χ3n) is 2.81. The quantitative estimate of drug-likeness (QED) is 0.661. The van der Waals surface area contributed by atoms with Crippen molar-refractivity contribution in [2.24, 2.45) is 0 Å². The summed E-state index contributed by atoms with van der Waals surface area (Å²) in [6.07, 6.45) is 0.884. The number of nitro groups is 1. The second kappa shape index (κ2) is 6.49. The molecule has 0 saturated carbocycles. The van der Waals surface area contributed by atoms with E-state index in [4.69, 9.17) is 11.6 Å². The molecular formula is C14H13ClFN3O2. The van der Waals surface area contributed by atoms with E-state index < -0.39 is 10.7 Å². The second-order valence-corrected chi connectivity index (χ2v) is 4.78. The number of benzene rings is 1. The van der Waals surface area contributed by atoms with E-state index in [0.29, 0.717) is 12.4 Å². The summed E-state index contributed by atoms with van der Waals surface area (Å²) in [5.41, 5.74) is 0.0265. The largest absolute Gasteiger partial charge is 0.370 e. The lowest BCUT2D eigenvalue weighted by Gasteiger charge is -2.09. The molecule has 0 saturated heterocycles. The van der Waals surface area contributed by atoms with Gasteiger partial charge in [-0.25, -0.2) is 9.37 Å². The summed E-state index contributed by atoms with van der Waals surface area (Å²) in [6.45, 7) is 2.67. The van der Waals surface area contributed by atoms with Crippen LogP contribution < -0.4 is 5.32 Å². The van der Waals surface area contributed by atoms with E-state index in [1.807, 2.05) is 6.92 Å². The third-order valence-corrected chi connectivity index (χ3v) is 3.14. The molecule has 0 radical (unpaired) electrons. The number of aromatic nitrogens is 1. The van der Waals surface area contributed by atoms with Crippen LogP contribution in [0.4, 0.5) is 15.9 Å². The number of pyridine rings is 1. The summed E-state index contributed by atoms with van der Waals surface area (Å²) < 4.78 is 13.4. The first-order valence-electron chi connectivity index (χ1n) is 6.37. The van der Waals surface area contributed by atoms with E-state index in [1.165, 1.54) is 24.3 Å². The van der Waals surface area contributed by atoms with Crippen LogP contribution >= 0.6 is 11.6 Å². The molecule has 2 rings (SSSR count). The van der Waals surface area contributed by atoms with Gasteiger partial charge in [0.15, 0.2) is 5.69 Å². The Morgan fingerprint density at radius 2 is 2.14 bits per heavy atom. The van der Waals surface area contributed by atoms with Gasteiger partial charge in [0.1, 0.15) is 11.6 Å². The Labute approximate surface area is 125 Å². The fourth-order valence-electron chi connectivity index (χ4n) is 1.83. The molecule has 7 heteroatoms. The summed E-state index contributed by atoms with van der Waals surface area (Å²) in [5, 5.41) is 14.4. The van der Waals surface area contributed by atoms with Crippen molar-refractivity contribution in [3.8, 4) is 11.3 Å². The first kappa shape index (κ1) is 15.2. The predicted octanol–water partition coefficient (Wildman–Crippen LogP) is 4.27. The molecule has 5 nitrogen and oxygen atoms in total. The number of rotatable bonds is 5. The van der Waals surface area contributed by atoms with E-state index in [-0.39, 0.29) is 22.0 Å². The van der Waals surface area contributed by atoms with Crippen molar-refractivity contribution < 1.29 is 9.31 Å². The monoisotopic (exact) mass is 309 g/mol. The number of halogens is 2. The molecule has 0 fully saturated rings. The van der Waals surface area contributed by atoms with Crippen LogP contribution in [0, 0.1) is 15.9 Å². The van der Waals surface area contributed by atoms with E-state index >= 15 is 0 Å². The fraction of sp³-hybridized carbons (Fsp3) is 0.214. The van der Waals surface area contributed by atoms with E-state index in [9.17, 15) is 14.5 Å². The summed E-state index contributed by atoms with van der Waals surface area (Å²) in [7, 11) is 0. The summed E-state index contributed by atoms with van der Waals surface area (Å²) in [6, 6.07) is 6.54. The summed E-state index contributed by atoms with van der Waals surface area (Å²) in [4.78, 5) is 14.8. The molecule has 110 valence electrons. The molecule has 21 heavy (non-hydrogen) atoms. The Kier molecular flexibility index (Phi) is 4.70. The maximum absolute atomic E-state index is 13.4. The van der Waals surface area contributed by atoms with Crippen molar-refractivity contribution in [1.82, 2.24) is 4.98 Å². The molecule has 1 heterocycles. The van der Waals surface area contributed by atoms with Crippen LogP contribution in [-0.4, -0.2) is 16.5 Å². The van der Waals surface area contributed by atoms with Crippen molar-refractivity contribution in [2.75, 3.05) is 11.9 Å². The first-order valence-corrected chi connectivity index (χ1v) is 6.75. The molecule has 0 spiro atoms. The molecule has 0 amide bonds. The summed E-state index contributed by atoms with van der Waals surface area (Å²) in [5.74, 6) is -0.0461. The molecule has 0 unspecified atom stereocenters. The number of nitrogens with zero attached hydrogens (tertiary/aromatic N) is 2. The lowest BCUT2D eigenvalue weighted by Crippen LogP contribution is -2.04. The molecule has 0 atom stereocenters. The Morgan fingerprint density at radius 3 is 2.81 bits per heavy atom. The number of nitrogens with one attached hydrogen (secondary N) is 1. The Hall–Kier alpha value is -2.21. The van der Waals surface area contributed by atoms with Crippen LogP contribution in [0.1, 0.15) is 13.3 Å². The lowest BCUT2D eigenvalue weighted by atomic mass is 10.1. The fourth-order valence-corrected chi connectivity index (χ4v) is 2.03. The molecule has 0 aliphatic rings. The third kappa shape index (κ3) is 3.46. The highest BCUT2D eigenvalue weighted by Gasteiger charge is 2.20. The average Bonchev–Trinajstić information content (AvgIpc) is 2.47. The van der Waals surface area contributed by atoms with Gasteiger partial charge in [-0.2, -0.15) is 0 Å². The molecular weight excluding hydrogens is 297 g/mol. The van der Waals surface area contributed by atoms with Crippen molar-refractivity contribution >= 4 is 23.1 Å². The minimum Gasteiger partial charge on any atom is -0.370 e. The highest BCUT2D eigenvalue weighted by Crippen LogP contribution is 2.34. The van der Waals surface area contributed by atoms with Crippen molar-refractivity contribution in [1.29, 1.82) is 0 Å². The van der Waals surface area contributed by atoms with Gasteiger partial charge in [0.05, 0.1) is 9.95 Å². The van der Waals surface area contributed by atoms with Crippen molar-refractivity contribution in [3.05, 3.63) is 51.3 Å². The van der Waals surface area contributed by atoms with Gasteiger partial charge in [0.2, 0.25) is 0 Å². The predicted molar refractivity (Wildman–Crippen MR) is 80.1 cm³/mol. The van der Waals surface area contributed by atoms with Gasteiger partial charge in [-0.05, 0) is 30.7 Å². The minimum absolute atomic E-state index is 0.0469. The van der Waals surface area contributed by atoms with Crippen molar-refractivity contribution in [2.45, 2.75) is 13.3 Å². The first-order chi connectivity index (χ1) is 10.0. The summed E-state index contributed by atoms with van der Waals surface area (Å²) >= 11 is 6.01. The molecule has 0 bridgehead atoms. The second-order valence-electron chi connectivity index (χ2n) is 4.37. The van der Waals surface area contributed by atoms with Gasteiger partial charge in [-0.3, -0.25) is 10.1 Å². The smallest absolute Gasteiger partial charge is 0.295 e. The highest BCUT2D eigenvalue weighted by atomic mass is 35.5. The van der Waals surface area contributed by atoms with Gasteiger partial charge in [0.25, 0.3) is 5.69 Å². The van der Waals surface area contributed by atoms with Gasteiger partial charge < -0.3 is 5.32 Å². The Balaban J connectivity index is 2.57. The van der Waals surface area contributed by atoms with Crippen LogP contribution in [-0.2, 0) is 0 Å². The van der Waals surface area contributed by atoms with Crippen LogP contribution in [0.25, 0.3) is 11.3 Å². The zero-order chi connectivity index (χ0) is 15.4. The Morgan fingerprint density at radius 1 is 1.38 bits per heavy atom. The van der Waals surface area contributed by atoms with E-state index in [2.05, 4.69) is 10.3 Å². The van der Waals surface area contributed by atoms with Gasteiger partial charge >= 0.3 is 0 Å². The van der Waals surface area contributed by atoms with Crippen LogP contribution in [0.15, 0.2) is 30.3 Å². The lowest BCUT2D eigenvalue weighted by molar-refractivity contribution is -0.384. The minimum atomic E-state index is -0.562. The topological polar surface area (TPSA) is 68.1 Å². The normalized spacial score (nSPS) is 10.4. The zero-order valence-corrected chi connectivity index (χ0v) is 12.0. The molecule has 0 aliphatic heterocycles. The number of anilines is 1. The van der Waals surface area contributed by atoms with E-state index in [0.717, 1.165) is 12.5 Å². The molecule has 0 aliphatic carbocycles. The number of hydrogen-bond acceptors (Lipinski definition) is 4. The standard InChI is InChI=1S/C14H13ClFN3O2/c1-2-7-17-13-6-5-12(19(20)21)14(18-13)10-8-9(16)3-4-11(10)15/h3-6,8H,2,7H2,1H3,(H,17,18). The Bertz CT molecular complexity index is 679. The van der Waals surface area contributed by atoms with Crippen LogP contribution in [0.3, 0.4) is 0 Å². The molecule has 2 aromatic rings.